The molecule has 3 aromatic heterocycles. The molecule has 172 valence electrons. The van der Waals surface area contributed by atoms with E-state index < -0.39 is 34.6 Å². The van der Waals surface area contributed by atoms with Crippen LogP contribution in [0.4, 0.5) is 23.2 Å². The van der Waals surface area contributed by atoms with Gasteiger partial charge in [-0.2, -0.15) is 18.3 Å². The van der Waals surface area contributed by atoms with Crippen molar-refractivity contribution in [1.29, 1.82) is 0 Å². The van der Waals surface area contributed by atoms with Crippen LogP contribution in [0.15, 0.2) is 39.8 Å². The lowest BCUT2D eigenvalue weighted by Gasteiger charge is -2.33. The fourth-order valence-corrected chi connectivity index (χ4v) is 4.45. The molecule has 1 saturated heterocycles. The molecule has 1 unspecified atom stereocenters. The van der Waals surface area contributed by atoms with Gasteiger partial charge in [0, 0.05) is 38.0 Å². The number of furan rings is 1. The quantitative estimate of drug-likeness (QED) is 0.449. The topological polar surface area (TPSA) is 93.3 Å². The number of aromatic nitrogens is 3. The second-order valence-corrected chi connectivity index (χ2v) is 8.61. The molecule has 8 nitrogen and oxygen atoms in total. The molecule has 1 fully saturated rings. The summed E-state index contributed by atoms with van der Waals surface area (Å²) < 4.78 is 74.7. The van der Waals surface area contributed by atoms with Crippen molar-refractivity contribution in [2.75, 3.05) is 18.0 Å². The monoisotopic (exact) mass is 481 g/mol. The van der Waals surface area contributed by atoms with Crippen LogP contribution >= 0.6 is 0 Å². The molecular weight excluding hydrogens is 466 g/mol. The largest absolute Gasteiger partial charge is 0.451 e. The van der Waals surface area contributed by atoms with Crippen molar-refractivity contribution in [2.24, 2.45) is 7.05 Å². The summed E-state index contributed by atoms with van der Waals surface area (Å²) in [4.78, 5) is 18.1. The van der Waals surface area contributed by atoms with Gasteiger partial charge in [0.05, 0.1) is 10.8 Å². The van der Waals surface area contributed by atoms with E-state index in [4.69, 9.17) is 4.42 Å². The molecule has 1 N–H and O–H groups in total. The minimum Gasteiger partial charge on any atom is -0.451 e. The average Bonchev–Trinajstić information content (AvgIpc) is 3.28. The Labute approximate surface area is 185 Å². The van der Waals surface area contributed by atoms with Crippen molar-refractivity contribution in [3.05, 3.63) is 47.6 Å². The van der Waals surface area contributed by atoms with Crippen molar-refractivity contribution in [3.8, 4) is 0 Å². The molecule has 4 aromatic rings. The maximum absolute atomic E-state index is 14.5. The molecule has 13 heteroatoms. The molecule has 0 aliphatic carbocycles. The van der Waals surface area contributed by atoms with Gasteiger partial charge in [0.2, 0.25) is 0 Å². The number of benzene rings is 1. The van der Waals surface area contributed by atoms with Crippen molar-refractivity contribution in [1.82, 2.24) is 19.5 Å². The number of halogens is 4. The normalized spacial score (nSPS) is 15.1. The molecule has 33 heavy (non-hydrogen) atoms. The summed E-state index contributed by atoms with van der Waals surface area (Å²) in [5, 5.41) is 3.94. The minimum atomic E-state index is -4.65. The van der Waals surface area contributed by atoms with E-state index in [0.29, 0.717) is 5.69 Å². The van der Waals surface area contributed by atoms with Crippen LogP contribution in [0.5, 0.6) is 0 Å². The number of carbonyl (C=O) groups excluding carboxylic acids is 1. The number of pyridine rings is 1. The molecule has 5 rings (SSSR count). The fourth-order valence-electron chi connectivity index (χ4n) is 3.53. The SMILES string of the molecule is Cn1nc(S(=O)NC(=O)c2cc3c(F)cc(N4CCC4)cc3o2)c2ccc(C(F)(F)F)nc21. The second-order valence-electron chi connectivity index (χ2n) is 7.48. The first kappa shape index (κ1) is 21.4. The average molecular weight is 481 g/mol. The van der Waals surface area contributed by atoms with Crippen LogP contribution < -0.4 is 9.62 Å². The molecule has 1 aromatic carbocycles. The highest BCUT2D eigenvalue weighted by Crippen LogP contribution is 2.31. The van der Waals surface area contributed by atoms with Crippen LogP contribution in [0.25, 0.3) is 22.0 Å². The van der Waals surface area contributed by atoms with E-state index >= 15 is 0 Å². The number of anilines is 1. The summed E-state index contributed by atoms with van der Waals surface area (Å²) >= 11 is 0. The summed E-state index contributed by atoms with van der Waals surface area (Å²) in [6, 6.07) is 6.01. The highest BCUT2D eigenvalue weighted by atomic mass is 32.2. The maximum Gasteiger partial charge on any atom is 0.433 e. The number of rotatable bonds is 4. The van der Waals surface area contributed by atoms with Crippen LogP contribution in [-0.4, -0.2) is 38.0 Å². The predicted octanol–water partition coefficient (Wildman–Crippen LogP) is 3.54. The minimum absolute atomic E-state index is 0.0824. The number of hydrogen-bond acceptors (Lipinski definition) is 6. The first-order valence-electron chi connectivity index (χ1n) is 9.73. The molecule has 1 aliphatic heterocycles. The lowest BCUT2D eigenvalue weighted by Crippen LogP contribution is -2.36. The summed E-state index contributed by atoms with van der Waals surface area (Å²) in [6.45, 7) is 1.60. The zero-order valence-corrected chi connectivity index (χ0v) is 17.8. The van der Waals surface area contributed by atoms with Gasteiger partial charge in [-0.3, -0.25) is 9.52 Å². The zero-order chi connectivity index (χ0) is 23.5. The van der Waals surface area contributed by atoms with Crippen molar-refractivity contribution in [2.45, 2.75) is 17.6 Å². The Balaban J connectivity index is 1.42. The smallest absolute Gasteiger partial charge is 0.433 e. The Morgan fingerprint density at radius 3 is 2.61 bits per heavy atom. The van der Waals surface area contributed by atoms with Crippen LogP contribution in [-0.2, 0) is 24.2 Å². The number of hydrogen-bond donors (Lipinski definition) is 1. The van der Waals surface area contributed by atoms with E-state index in [1.165, 1.54) is 19.2 Å². The van der Waals surface area contributed by atoms with E-state index in [1.807, 2.05) is 4.90 Å². The van der Waals surface area contributed by atoms with E-state index in [-0.39, 0.29) is 32.8 Å². The van der Waals surface area contributed by atoms with Crippen LogP contribution in [0.3, 0.4) is 0 Å². The third-order valence-corrected chi connectivity index (χ3v) is 6.34. The van der Waals surface area contributed by atoms with Gasteiger partial charge in [0.1, 0.15) is 17.1 Å². The molecule has 0 radical (unpaired) electrons. The van der Waals surface area contributed by atoms with Crippen LogP contribution in [0.1, 0.15) is 22.7 Å². The van der Waals surface area contributed by atoms with Gasteiger partial charge < -0.3 is 9.32 Å². The number of aryl methyl sites for hydroxylation is 1. The lowest BCUT2D eigenvalue weighted by molar-refractivity contribution is -0.141. The first-order valence-corrected chi connectivity index (χ1v) is 10.9. The van der Waals surface area contributed by atoms with Gasteiger partial charge in [-0.05, 0) is 24.6 Å². The second kappa shape index (κ2) is 7.54. The summed E-state index contributed by atoms with van der Waals surface area (Å²) in [5.41, 5.74) is -0.463. The Morgan fingerprint density at radius 2 is 1.94 bits per heavy atom. The number of carbonyl (C=O) groups is 1. The van der Waals surface area contributed by atoms with Gasteiger partial charge in [0.25, 0.3) is 5.91 Å². The molecular formula is C20H15F4N5O3S. The van der Waals surface area contributed by atoms with Gasteiger partial charge >= 0.3 is 6.18 Å². The summed E-state index contributed by atoms with van der Waals surface area (Å²) in [5.74, 6) is -1.72. The third-order valence-electron chi connectivity index (χ3n) is 5.32. The number of nitrogens with zero attached hydrogens (tertiary/aromatic N) is 4. The highest BCUT2D eigenvalue weighted by molar-refractivity contribution is 7.83. The molecule has 0 bridgehead atoms. The van der Waals surface area contributed by atoms with Crippen molar-refractivity contribution >= 4 is 44.6 Å². The zero-order valence-electron chi connectivity index (χ0n) is 16.9. The summed E-state index contributed by atoms with van der Waals surface area (Å²) in [7, 11) is -0.898. The van der Waals surface area contributed by atoms with Gasteiger partial charge in [-0.1, -0.05) is 0 Å². The Morgan fingerprint density at radius 1 is 1.18 bits per heavy atom. The van der Waals surface area contributed by atoms with E-state index in [2.05, 4.69) is 14.8 Å². The highest BCUT2D eigenvalue weighted by Gasteiger charge is 2.33. The maximum atomic E-state index is 14.5. The van der Waals surface area contributed by atoms with Crippen molar-refractivity contribution in [3.63, 3.8) is 0 Å². The number of amides is 1. The summed E-state index contributed by atoms with van der Waals surface area (Å²) in [6.07, 6.45) is -3.65. The van der Waals surface area contributed by atoms with Gasteiger partial charge in [0.15, 0.2) is 27.4 Å². The fraction of sp³-hybridized carbons (Fsp3) is 0.250. The third kappa shape index (κ3) is 3.71. The van der Waals surface area contributed by atoms with Gasteiger partial charge in [-0.25, -0.2) is 18.3 Å². The Kier molecular flexibility index (Phi) is 4.88. The van der Waals surface area contributed by atoms with E-state index in [1.54, 1.807) is 6.07 Å². The molecule has 1 amide bonds. The number of nitrogens with one attached hydrogen (secondary N) is 1. The molecule has 0 saturated carbocycles. The van der Waals surface area contributed by atoms with E-state index in [0.717, 1.165) is 36.3 Å². The molecule has 4 heterocycles. The predicted molar refractivity (Wildman–Crippen MR) is 110 cm³/mol. The van der Waals surface area contributed by atoms with Crippen LogP contribution in [0, 0.1) is 5.82 Å². The number of alkyl halides is 3. The number of fused-ring (bicyclic) bond motifs is 2. The molecule has 1 aliphatic rings. The van der Waals surface area contributed by atoms with Crippen LogP contribution in [0.2, 0.25) is 0 Å². The van der Waals surface area contributed by atoms with Crippen molar-refractivity contribution < 1.29 is 31.0 Å². The van der Waals surface area contributed by atoms with Gasteiger partial charge in [-0.15, -0.1) is 0 Å². The first-order chi connectivity index (χ1) is 15.6. The Bertz CT molecular complexity index is 1440. The Hall–Kier alpha value is -3.48. The van der Waals surface area contributed by atoms with E-state index in [9.17, 15) is 26.6 Å². The lowest BCUT2D eigenvalue weighted by atomic mass is 10.1. The molecule has 0 spiro atoms. The standard InChI is InChI=1S/C20H15F4N5O3S/c1-28-17-11(3-4-16(25-17)20(22,23)24)19(26-28)33(31)27-18(30)15-9-12-13(21)7-10(8-14(12)32-15)29-5-2-6-29/h3-4,7-9H,2,5-6H2,1H3,(H,27,30). The molecule has 1 atom stereocenters.